The van der Waals surface area contributed by atoms with Crippen LogP contribution in [-0.2, 0) is 20.2 Å². The normalized spacial score (nSPS) is 17.8. The van der Waals surface area contributed by atoms with E-state index in [9.17, 15) is 25.9 Å². The first-order valence-electron chi connectivity index (χ1n) is 11.2. The number of nitrogens with one attached hydrogen (secondary N) is 2. The molecule has 0 amide bonds. The van der Waals surface area contributed by atoms with Crippen LogP contribution in [0.15, 0.2) is 75.6 Å². The first-order chi connectivity index (χ1) is 16.4. The summed E-state index contributed by atoms with van der Waals surface area (Å²) in [6, 6.07) is 8.79. The topological polar surface area (TPSA) is 133 Å². The molecule has 0 radical (unpaired) electrons. The van der Waals surface area contributed by atoms with Crippen molar-refractivity contribution in [2.75, 3.05) is 18.4 Å². The zero-order chi connectivity index (χ0) is 26.0. The van der Waals surface area contributed by atoms with Crippen LogP contribution in [0.4, 0.5) is 5.69 Å². The van der Waals surface area contributed by atoms with Crippen LogP contribution in [0, 0.1) is 6.92 Å². The SMILES string of the molecule is CCNc1cccc(C(=C2C=CC(NCC)C(C)=C2)c2ccc(S(=O)(=O)O)cc2S(=O)(=O)O)c1C. The molecule has 0 bridgehead atoms. The van der Waals surface area contributed by atoms with Crippen LogP contribution in [0.1, 0.15) is 37.5 Å². The third-order valence-corrected chi connectivity index (χ3v) is 7.57. The number of likely N-dealkylation sites (N-methyl/N-ethyl adjacent to an activating group) is 1. The van der Waals surface area contributed by atoms with Crippen LogP contribution in [-0.4, -0.2) is 45.1 Å². The van der Waals surface area contributed by atoms with Gasteiger partial charge in [0.25, 0.3) is 20.2 Å². The Morgan fingerprint density at radius 1 is 0.943 bits per heavy atom. The van der Waals surface area contributed by atoms with Crippen molar-refractivity contribution in [1.82, 2.24) is 5.32 Å². The number of anilines is 1. The molecule has 1 aliphatic rings. The summed E-state index contributed by atoms with van der Waals surface area (Å²) in [7, 11) is -9.55. The molecule has 0 spiro atoms. The lowest BCUT2D eigenvalue weighted by Crippen LogP contribution is -2.29. The van der Waals surface area contributed by atoms with Gasteiger partial charge in [0.2, 0.25) is 0 Å². The summed E-state index contributed by atoms with van der Waals surface area (Å²) in [5, 5.41) is 6.64. The molecule has 188 valence electrons. The number of rotatable bonds is 8. The zero-order valence-corrected chi connectivity index (χ0v) is 21.7. The lowest BCUT2D eigenvalue weighted by Gasteiger charge is -2.23. The van der Waals surface area contributed by atoms with Gasteiger partial charge in [-0.15, -0.1) is 0 Å². The van der Waals surface area contributed by atoms with E-state index in [1.54, 1.807) is 0 Å². The van der Waals surface area contributed by atoms with Crippen molar-refractivity contribution >= 4 is 31.5 Å². The van der Waals surface area contributed by atoms with E-state index in [0.29, 0.717) is 23.3 Å². The standard InChI is InChI=1S/C25H30N2O6S2/c1-5-26-22-13-10-18(14-16(22)3)25(20-8-7-9-23(17(20)4)27-6-2)21-12-11-19(34(28,29)30)15-24(21)35(31,32)33/h7-15,22,26-27H,5-6H2,1-4H3,(H,28,29,30)(H,31,32,33). The minimum Gasteiger partial charge on any atom is -0.385 e. The van der Waals surface area contributed by atoms with Gasteiger partial charge in [0, 0.05) is 23.8 Å². The number of hydrogen-bond acceptors (Lipinski definition) is 6. The van der Waals surface area contributed by atoms with E-state index in [-0.39, 0.29) is 11.6 Å². The molecular weight excluding hydrogens is 488 g/mol. The maximum absolute atomic E-state index is 12.4. The largest absolute Gasteiger partial charge is 0.385 e. The van der Waals surface area contributed by atoms with E-state index in [1.807, 2.05) is 64.1 Å². The summed E-state index contributed by atoms with van der Waals surface area (Å²) in [5.74, 6) is 0. The third kappa shape index (κ3) is 5.91. The maximum Gasteiger partial charge on any atom is 0.295 e. The summed E-state index contributed by atoms with van der Waals surface area (Å²) in [4.78, 5) is -1.24. The van der Waals surface area contributed by atoms with Crippen LogP contribution < -0.4 is 10.6 Å². The van der Waals surface area contributed by atoms with Crippen molar-refractivity contribution in [3.63, 3.8) is 0 Å². The van der Waals surface area contributed by atoms with Gasteiger partial charge in [0.05, 0.1) is 4.90 Å². The Morgan fingerprint density at radius 2 is 1.66 bits per heavy atom. The van der Waals surface area contributed by atoms with Gasteiger partial charge in [-0.25, -0.2) is 0 Å². The smallest absolute Gasteiger partial charge is 0.295 e. The van der Waals surface area contributed by atoms with Crippen molar-refractivity contribution in [3.05, 3.63) is 82.5 Å². The second-order valence-electron chi connectivity index (χ2n) is 8.23. The predicted molar refractivity (Wildman–Crippen MR) is 138 cm³/mol. The highest BCUT2D eigenvalue weighted by Crippen LogP contribution is 2.38. The molecule has 1 aliphatic carbocycles. The zero-order valence-electron chi connectivity index (χ0n) is 20.0. The van der Waals surface area contributed by atoms with Gasteiger partial charge in [0.1, 0.15) is 4.90 Å². The van der Waals surface area contributed by atoms with Crippen molar-refractivity contribution in [1.29, 1.82) is 0 Å². The van der Waals surface area contributed by atoms with Crippen molar-refractivity contribution < 1.29 is 25.9 Å². The van der Waals surface area contributed by atoms with Gasteiger partial charge in [-0.1, -0.05) is 48.9 Å². The number of hydrogen-bond donors (Lipinski definition) is 4. The molecule has 8 nitrogen and oxygen atoms in total. The summed E-state index contributed by atoms with van der Waals surface area (Å²) in [5.41, 5.74) is 4.73. The molecule has 0 aromatic heterocycles. The lowest BCUT2D eigenvalue weighted by molar-refractivity contribution is 0.481. The highest BCUT2D eigenvalue weighted by Gasteiger charge is 2.26. The highest BCUT2D eigenvalue weighted by atomic mass is 32.2. The first-order valence-corrected chi connectivity index (χ1v) is 14.0. The average molecular weight is 519 g/mol. The average Bonchev–Trinajstić information content (AvgIpc) is 2.77. The van der Waals surface area contributed by atoms with Gasteiger partial charge >= 0.3 is 0 Å². The number of allylic oxidation sites excluding steroid dienone is 3. The monoisotopic (exact) mass is 518 g/mol. The van der Waals surface area contributed by atoms with Crippen LogP contribution >= 0.6 is 0 Å². The molecule has 1 atom stereocenters. The minimum absolute atomic E-state index is 0.0159. The van der Waals surface area contributed by atoms with Crippen LogP contribution in [0.5, 0.6) is 0 Å². The Balaban J connectivity index is 2.43. The first kappa shape index (κ1) is 26.8. The lowest BCUT2D eigenvalue weighted by atomic mass is 9.86. The van der Waals surface area contributed by atoms with Crippen molar-refractivity contribution in [3.8, 4) is 0 Å². The fourth-order valence-corrected chi connectivity index (χ4v) is 5.47. The molecule has 0 fully saturated rings. The molecule has 10 heteroatoms. The van der Waals surface area contributed by atoms with Gasteiger partial charge in [-0.05, 0) is 67.8 Å². The van der Waals surface area contributed by atoms with Crippen LogP contribution in [0.2, 0.25) is 0 Å². The summed E-state index contributed by atoms with van der Waals surface area (Å²) >= 11 is 0. The quantitative estimate of drug-likeness (QED) is 0.382. The maximum atomic E-state index is 12.4. The van der Waals surface area contributed by atoms with Crippen molar-refractivity contribution in [2.24, 2.45) is 0 Å². The van der Waals surface area contributed by atoms with Crippen LogP contribution in [0.25, 0.3) is 5.57 Å². The molecule has 0 saturated carbocycles. The minimum atomic E-state index is -4.86. The molecule has 2 aromatic rings. The highest BCUT2D eigenvalue weighted by molar-refractivity contribution is 7.86. The van der Waals surface area contributed by atoms with E-state index in [0.717, 1.165) is 35.5 Å². The fourth-order valence-electron chi connectivity index (χ4n) is 4.17. The Kier molecular flexibility index (Phi) is 8.03. The Hall–Kier alpha value is -2.76. The molecule has 4 N–H and O–H groups in total. The van der Waals surface area contributed by atoms with Gasteiger partial charge < -0.3 is 10.6 Å². The molecule has 0 heterocycles. The van der Waals surface area contributed by atoms with Gasteiger partial charge in [-0.3, -0.25) is 9.11 Å². The molecular formula is C25H30N2O6S2. The van der Waals surface area contributed by atoms with Gasteiger partial charge in [0.15, 0.2) is 0 Å². The van der Waals surface area contributed by atoms with Crippen molar-refractivity contribution in [2.45, 2.75) is 43.5 Å². The van der Waals surface area contributed by atoms with E-state index in [2.05, 4.69) is 10.6 Å². The Bertz CT molecular complexity index is 1440. The predicted octanol–water partition coefficient (Wildman–Crippen LogP) is 4.22. The van der Waals surface area contributed by atoms with E-state index < -0.39 is 30.0 Å². The van der Waals surface area contributed by atoms with Gasteiger partial charge in [-0.2, -0.15) is 16.8 Å². The molecule has 0 aliphatic heterocycles. The summed E-state index contributed by atoms with van der Waals surface area (Å²) in [6.45, 7) is 9.27. The molecule has 0 saturated heterocycles. The molecule has 2 aromatic carbocycles. The van der Waals surface area contributed by atoms with E-state index in [4.69, 9.17) is 0 Å². The second kappa shape index (κ2) is 10.5. The second-order valence-corrected chi connectivity index (χ2v) is 11.0. The fraction of sp³-hybridized carbons (Fsp3) is 0.280. The van der Waals surface area contributed by atoms with E-state index >= 15 is 0 Å². The third-order valence-electron chi connectivity index (χ3n) is 5.82. The Morgan fingerprint density at radius 3 is 2.23 bits per heavy atom. The molecule has 35 heavy (non-hydrogen) atoms. The summed E-state index contributed by atoms with van der Waals surface area (Å²) in [6.07, 6.45) is 5.78. The molecule has 3 rings (SSSR count). The number of benzene rings is 2. The Labute approximate surface area is 207 Å². The molecule has 1 unspecified atom stereocenters. The van der Waals surface area contributed by atoms with E-state index in [1.165, 1.54) is 6.07 Å². The summed E-state index contributed by atoms with van der Waals surface area (Å²) < 4.78 is 67.8. The van der Waals surface area contributed by atoms with Crippen LogP contribution in [0.3, 0.4) is 0 Å².